The number of hydrogen-bond acceptors (Lipinski definition) is 2. The molecule has 2 nitrogen and oxygen atoms in total. The summed E-state index contributed by atoms with van der Waals surface area (Å²) in [5, 5.41) is 3.27. The lowest BCUT2D eigenvalue weighted by molar-refractivity contribution is 0.414. The van der Waals surface area contributed by atoms with Crippen LogP contribution in [0.5, 0.6) is 5.75 Å². The molecule has 0 fully saturated rings. The fraction of sp³-hybridized carbons (Fsp3) is 0.333. The summed E-state index contributed by atoms with van der Waals surface area (Å²) in [7, 11) is 3.62. The van der Waals surface area contributed by atoms with Crippen LogP contribution < -0.4 is 10.1 Å². The maximum Gasteiger partial charge on any atom is 0.119 e. The smallest absolute Gasteiger partial charge is 0.119 e. The number of aryl methyl sites for hydroxylation is 1. The van der Waals surface area contributed by atoms with E-state index in [2.05, 4.69) is 37.9 Å². The predicted molar refractivity (Wildman–Crippen MR) is 74.2 cm³/mol. The molecule has 92 valence electrons. The minimum atomic E-state index is 0.873. The molecule has 0 unspecified atom stereocenters. The monoisotopic (exact) mass is 231 g/mol. The van der Waals surface area contributed by atoms with E-state index in [1.165, 1.54) is 16.7 Å². The van der Waals surface area contributed by atoms with Gasteiger partial charge < -0.3 is 10.1 Å². The lowest BCUT2D eigenvalue weighted by Crippen LogP contribution is -2.09. The Morgan fingerprint density at radius 3 is 2.65 bits per heavy atom. The maximum absolute atomic E-state index is 5.28. The Bertz CT molecular complexity index is 433. The second-order valence-corrected chi connectivity index (χ2v) is 3.89. The number of benzene rings is 1. The largest absolute Gasteiger partial charge is 0.497 e. The van der Waals surface area contributed by atoms with Crippen molar-refractivity contribution >= 4 is 5.70 Å². The zero-order chi connectivity index (χ0) is 12.8. The van der Waals surface area contributed by atoms with Gasteiger partial charge in [0.15, 0.2) is 0 Å². The molecule has 1 aromatic carbocycles. The zero-order valence-corrected chi connectivity index (χ0v) is 11.1. The van der Waals surface area contributed by atoms with Gasteiger partial charge >= 0.3 is 0 Å². The molecule has 0 radical (unpaired) electrons. The highest BCUT2D eigenvalue weighted by Crippen LogP contribution is 2.25. The first-order valence-corrected chi connectivity index (χ1v) is 5.86. The molecule has 0 aliphatic heterocycles. The van der Waals surface area contributed by atoms with Gasteiger partial charge in [-0.3, -0.25) is 0 Å². The summed E-state index contributed by atoms with van der Waals surface area (Å²) in [6.45, 7) is 8.10. The highest BCUT2D eigenvalue weighted by Gasteiger charge is 2.08. The number of methoxy groups -OCH3 is 1. The Kier molecular flexibility index (Phi) is 4.83. The minimum Gasteiger partial charge on any atom is -0.497 e. The van der Waals surface area contributed by atoms with Crippen LogP contribution >= 0.6 is 0 Å². The first kappa shape index (κ1) is 13.4. The highest BCUT2D eigenvalue weighted by atomic mass is 16.5. The van der Waals surface area contributed by atoms with Crippen molar-refractivity contribution in [2.24, 2.45) is 0 Å². The van der Waals surface area contributed by atoms with Gasteiger partial charge in [-0.1, -0.05) is 25.6 Å². The van der Waals surface area contributed by atoms with Crippen molar-refractivity contribution in [2.45, 2.75) is 20.3 Å². The standard InChI is InChI=1S/C15H21NO/c1-6-12(7-2)15(16-4)14-10-13(17-5)9-8-11(14)3/h6,8-10,16H,1,7H2,2-5H3/b15-12-. The van der Waals surface area contributed by atoms with Gasteiger partial charge in [-0.05, 0) is 36.6 Å². The first-order chi connectivity index (χ1) is 8.17. The van der Waals surface area contributed by atoms with Gasteiger partial charge in [-0.2, -0.15) is 0 Å². The third-order valence-electron chi connectivity index (χ3n) is 2.91. The molecule has 0 spiro atoms. The van der Waals surface area contributed by atoms with E-state index < -0.39 is 0 Å². The average molecular weight is 231 g/mol. The van der Waals surface area contributed by atoms with Crippen LogP contribution in [-0.4, -0.2) is 14.2 Å². The van der Waals surface area contributed by atoms with Crippen LogP contribution in [-0.2, 0) is 0 Å². The summed E-state index contributed by atoms with van der Waals surface area (Å²) < 4.78 is 5.28. The lowest BCUT2D eigenvalue weighted by atomic mass is 10.00. The van der Waals surface area contributed by atoms with Crippen molar-refractivity contribution in [2.75, 3.05) is 14.2 Å². The Hall–Kier alpha value is -1.70. The molecule has 0 bridgehead atoms. The second kappa shape index (κ2) is 6.14. The third kappa shape index (κ3) is 2.90. The van der Waals surface area contributed by atoms with Gasteiger partial charge in [0, 0.05) is 18.3 Å². The van der Waals surface area contributed by atoms with E-state index in [9.17, 15) is 0 Å². The normalized spacial score (nSPS) is 11.8. The van der Waals surface area contributed by atoms with Gasteiger partial charge in [0.25, 0.3) is 0 Å². The van der Waals surface area contributed by atoms with Crippen molar-refractivity contribution in [1.29, 1.82) is 0 Å². The minimum absolute atomic E-state index is 0.873. The van der Waals surface area contributed by atoms with Crippen LogP contribution in [0.1, 0.15) is 24.5 Å². The van der Waals surface area contributed by atoms with Crippen molar-refractivity contribution < 1.29 is 4.74 Å². The second-order valence-electron chi connectivity index (χ2n) is 3.89. The number of rotatable bonds is 5. The van der Waals surface area contributed by atoms with Gasteiger partial charge in [0.2, 0.25) is 0 Å². The van der Waals surface area contributed by atoms with Crippen LogP contribution in [0.25, 0.3) is 5.70 Å². The van der Waals surface area contributed by atoms with Crippen molar-refractivity contribution in [3.63, 3.8) is 0 Å². The van der Waals surface area contributed by atoms with E-state index in [1.807, 2.05) is 19.2 Å². The molecule has 17 heavy (non-hydrogen) atoms. The molecule has 0 amide bonds. The summed E-state index contributed by atoms with van der Waals surface area (Å²) in [6.07, 6.45) is 2.86. The van der Waals surface area contributed by atoms with Gasteiger partial charge in [0.1, 0.15) is 5.75 Å². The van der Waals surface area contributed by atoms with Gasteiger partial charge in [-0.25, -0.2) is 0 Å². The highest BCUT2D eigenvalue weighted by molar-refractivity contribution is 5.72. The fourth-order valence-electron chi connectivity index (χ4n) is 1.89. The van der Waals surface area contributed by atoms with Crippen LogP contribution in [0.2, 0.25) is 0 Å². The molecule has 0 aliphatic carbocycles. The number of ether oxygens (including phenoxy) is 1. The molecule has 0 heterocycles. The maximum atomic E-state index is 5.28. The average Bonchev–Trinajstić information content (AvgIpc) is 2.37. The number of hydrogen-bond donors (Lipinski definition) is 1. The summed E-state index contributed by atoms with van der Waals surface area (Å²) in [6, 6.07) is 6.11. The van der Waals surface area contributed by atoms with Crippen LogP contribution in [0.15, 0.2) is 36.4 Å². The molecule has 1 aromatic rings. The zero-order valence-electron chi connectivity index (χ0n) is 11.1. The summed E-state index contributed by atoms with van der Waals surface area (Å²) >= 11 is 0. The van der Waals surface area contributed by atoms with E-state index in [4.69, 9.17) is 4.74 Å². The van der Waals surface area contributed by atoms with Crippen molar-refractivity contribution in [3.05, 3.63) is 47.6 Å². The van der Waals surface area contributed by atoms with Crippen molar-refractivity contribution in [1.82, 2.24) is 5.32 Å². The Morgan fingerprint density at radius 1 is 1.47 bits per heavy atom. The Balaban J connectivity index is 3.38. The number of nitrogens with one attached hydrogen (secondary N) is 1. The van der Waals surface area contributed by atoms with Crippen LogP contribution in [0.4, 0.5) is 0 Å². The van der Waals surface area contributed by atoms with E-state index in [0.717, 1.165) is 17.9 Å². The third-order valence-corrected chi connectivity index (χ3v) is 2.91. The fourth-order valence-corrected chi connectivity index (χ4v) is 1.89. The predicted octanol–water partition coefficient (Wildman–Crippen LogP) is 3.53. The molecular formula is C15H21NO. The van der Waals surface area contributed by atoms with Crippen LogP contribution in [0.3, 0.4) is 0 Å². The topological polar surface area (TPSA) is 21.3 Å². The van der Waals surface area contributed by atoms with E-state index in [0.29, 0.717) is 0 Å². The molecule has 0 aromatic heterocycles. The van der Waals surface area contributed by atoms with Gasteiger partial charge in [-0.15, -0.1) is 0 Å². The van der Waals surface area contributed by atoms with Crippen LogP contribution in [0, 0.1) is 6.92 Å². The molecular weight excluding hydrogens is 210 g/mol. The molecule has 0 saturated heterocycles. The molecule has 2 heteroatoms. The molecule has 1 N–H and O–H groups in total. The quantitative estimate of drug-likeness (QED) is 0.783. The lowest BCUT2D eigenvalue weighted by Gasteiger charge is -2.15. The van der Waals surface area contributed by atoms with Gasteiger partial charge in [0.05, 0.1) is 7.11 Å². The van der Waals surface area contributed by atoms with E-state index in [1.54, 1.807) is 7.11 Å². The first-order valence-electron chi connectivity index (χ1n) is 5.86. The Morgan fingerprint density at radius 2 is 2.18 bits per heavy atom. The molecule has 0 aliphatic rings. The molecule has 1 rings (SSSR count). The van der Waals surface area contributed by atoms with E-state index >= 15 is 0 Å². The Labute approximate surface area is 104 Å². The van der Waals surface area contributed by atoms with Crippen molar-refractivity contribution in [3.8, 4) is 5.75 Å². The number of allylic oxidation sites excluding steroid dienone is 2. The summed E-state index contributed by atoms with van der Waals surface area (Å²) in [5.74, 6) is 0.873. The molecule has 0 saturated carbocycles. The summed E-state index contributed by atoms with van der Waals surface area (Å²) in [5.41, 5.74) is 4.73. The molecule has 0 atom stereocenters. The SMILES string of the molecule is C=C/C(CC)=C(/NC)c1cc(OC)ccc1C. The van der Waals surface area contributed by atoms with E-state index in [-0.39, 0.29) is 0 Å². The summed E-state index contributed by atoms with van der Waals surface area (Å²) in [4.78, 5) is 0.